The third-order valence-corrected chi connectivity index (χ3v) is 5.25. The van der Waals surface area contributed by atoms with Gasteiger partial charge in [-0.25, -0.2) is 4.98 Å². The molecule has 0 aromatic carbocycles. The third-order valence-electron chi connectivity index (χ3n) is 5.25. The summed E-state index contributed by atoms with van der Waals surface area (Å²) < 4.78 is 5.39. The maximum Gasteiger partial charge on any atom is 0.144 e. The van der Waals surface area contributed by atoms with Gasteiger partial charge in [-0.3, -0.25) is 4.90 Å². The molecule has 0 atom stereocenters. The molecule has 1 N–H and O–H groups in total. The first-order valence-corrected chi connectivity index (χ1v) is 9.82. The van der Waals surface area contributed by atoms with Crippen LogP contribution in [-0.4, -0.2) is 49.3 Å². The van der Waals surface area contributed by atoms with Gasteiger partial charge >= 0.3 is 0 Å². The van der Waals surface area contributed by atoms with E-state index in [9.17, 15) is 5.26 Å². The smallest absolute Gasteiger partial charge is 0.144 e. The summed E-state index contributed by atoms with van der Waals surface area (Å²) in [6.45, 7) is 7.89. The monoisotopic (exact) mass is 342 g/mol. The van der Waals surface area contributed by atoms with E-state index in [2.05, 4.69) is 23.2 Å². The molecular formula is C20H30N4O. The highest BCUT2D eigenvalue weighted by atomic mass is 16.5. The number of hydrogen-bond donors (Lipinski definition) is 1. The maximum atomic E-state index is 9.70. The van der Waals surface area contributed by atoms with Crippen LogP contribution in [0.5, 0.6) is 0 Å². The molecule has 0 saturated carbocycles. The van der Waals surface area contributed by atoms with E-state index < -0.39 is 0 Å². The number of anilines is 1. The van der Waals surface area contributed by atoms with E-state index in [1.165, 1.54) is 29.7 Å². The van der Waals surface area contributed by atoms with Crippen LogP contribution in [-0.2, 0) is 24.0 Å². The van der Waals surface area contributed by atoms with E-state index >= 15 is 0 Å². The first-order chi connectivity index (χ1) is 12.3. The molecule has 0 radical (unpaired) electrons. The quantitative estimate of drug-likeness (QED) is 0.772. The lowest BCUT2D eigenvalue weighted by Crippen LogP contribution is -2.37. The van der Waals surface area contributed by atoms with Gasteiger partial charge in [-0.05, 0) is 56.2 Å². The Morgan fingerprint density at radius 1 is 1.20 bits per heavy atom. The van der Waals surface area contributed by atoms with Gasteiger partial charge in [-0.2, -0.15) is 5.26 Å². The van der Waals surface area contributed by atoms with Crippen molar-refractivity contribution < 1.29 is 4.74 Å². The fourth-order valence-corrected chi connectivity index (χ4v) is 3.93. The number of fused-ring (bicyclic) bond motifs is 1. The summed E-state index contributed by atoms with van der Waals surface area (Å²) in [4.78, 5) is 7.31. The van der Waals surface area contributed by atoms with Crippen LogP contribution >= 0.6 is 0 Å². The average molecular weight is 342 g/mol. The normalized spacial score (nSPS) is 17.8. The fraction of sp³-hybridized carbons (Fsp3) is 0.700. The number of hydrogen-bond acceptors (Lipinski definition) is 5. The van der Waals surface area contributed by atoms with Crippen molar-refractivity contribution in [3.8, 4) is 6.07 Å². The predicted octanol–water partition coefficient (Wildman–Crippen LogP) is 2.92. The molecule has 25 heavy (non-hydrogen) atoms. The molecule has 1 fully saturated rings. The highest BCUT2D eigenvalue weighted by molar-refractivity contribution is 5.60. The van der Waals surface area contributed by atoms with Gasteiger partial charge < -0.3 is 10.1 Å². The molecule has 1 aliphatic carbocycles. The number of aryl methyl sites for hydroxylation is 1. The molecule has 1 aromatic heterocycles. The molecule has 0 unspecified atom stereocenters. The summed E-state index contributed by atoms with van der Waals surface area (Å²) in [6, 6.07) is 2.43. The molecule has 2 aliphatic rings. The van der Waals surface area contributed by atoms with Crippen molar-refractivity contribution >= 4 is 5.82 Å². The second-order valence-corrected chi connectivity index (χ2v) is 7.04. The van der Waals surface area contributed by atoms with E-state index in [4.69, 9.17) is 9.72 Å². The van der Waals surface area contributed by atoms with Crippen LogP contribution in [0.2, 0.25) is 0 Å². The van der Waals surface area contributed by atoms with Crippen molar-refractivity contribution in [1.29, 1.82) is 5.26 Å². The molecule has 5 nitrogen and oxygen atoms in total. The Morgan fingerprint density at radius 2 is 1.96 bits per heavy atom. The van der Waals surface area contributed by atoms with Gasteiger partial charge in [-0.1, -0.05) is 13.3 Å². The Hall–Kier alpha value is -1.64. The molecule has 0 bridgehead atoms. The van der Waals surface area contributed by atoms with Crippen molar-refractivity contribution in [2.24, 2.45) is 0 Å². The van der Waals surface area contributed by atoms with Gasteiger partial charge in [0.25, 0.3) is 0 Å². The van der Waals surface area contributed by atoms with E-state index in [1.54, 1.807) is 0 Å². The van der Waals surface area contributed by atoms with Crippen LogP contribution in [0, 0.1) is 11.3 Å². The first-order valence-electron chi connectivity index (χ1n) is 9.82. The van der Waals surface area contributed by atoms with Gasteiger partial charge in [0.1, 0.15) is 11.9 Å². The molecule has 3 rings (SSSR count). The minimum Gasteiger partial charge on any atom is -0.379 e. The number of nitrogens with one attached hydrogen (secondary N) is 1. The van der Waals surface area contributed by atoms with Crippen molar-refractivity contribution in [2.75, 3.05) is 44.7 Å². The second kappa shape index (κ2) is 9.17. The number of ether oxygens (including phenoxy) is 1. The predicted molar refractivity (Wildman–Crippen MR) is 100.0 cm³/mol. The van der Waals surface area contributed by atoms with Gasteiger partial charge in [-0.15, -0.1) is 0 Å². The lowest BCUT2D eigenvalue weighted by Gasteiger charge is -2.26. The summed E-state index contributed by atoms with van der Waals surface area (Å²) in [6.07, 6.45) is 7.70. The zero-order chi connectivity index (χ0) is 17.5. The van der Waals surface area contributed by atoms with Crippen molar-refractivity contribution in [2.45, 2.75) is 51.9 Å². The Morgan fingerprint density at radius 3 is 2.68 bits per heavy atom. The third kappa shape index (κ3) is 4.50. The summed E-state index contributed by atoms with van der Waals surface area (Å²) >= 11 is 0. The molecule has 0 amide bonds. The highest BCUT2D eigenvalue weighted by Crippen LogP contribution is 2.31. The Labute approximate surface area is 151 Å². The zero-order valence-corrected chi connectivity index (χ0v) is 15.4. The van der Waals surface area contributed by atoms with Crippen molar-refractivity contribution in [3.05, 3.63) is 22.4 Å². The van der Waals surface area contributed by atoms with Gasteiger partial charge in [0.05, 0.1) is 18.8 Å². The largest absolute Gasteiger partial charge is 0.379 e. The maximum absolute atomic E-state index is 9.70. The van der Waals surface area contributed by atoms with E-state index in [0.717, 1.165) is 82.9 Å². The number of nitrogens with zero attached hydrogens (tertiary/aromatic N) is 3. The summed E-state index contributed by atoms with van der Waals surface area (Å²) in [5.74, 6) is 0.813. The summed E-state index contributed by atoms with van der Waals surface area (Å²) in [5.41, 5.74) is 4.64. The SMILES string of the molecule is CCCc1nc(NCCCN2CCOCC2)c(C#N)c2c1CCCC2. The highest BCUT2D eigenvalue weighted by Gasteiger charge is 2.21. The number of aromatic nitrogens is 1. The fourth-order valence-electron chi connectivity index (χ4n) is 3.93. The van der Waals surface area contributed by atoms with E-state index in [1.807, 2.05) is 0 Å². The van der Waals surface area contributed by atoms with Crippen molar-refractivity contribution in [1.82, 2.24) is 9.88 Å². The molecule has 5 heteroatoms. The molecular weight excluding hydrogens is 312 g/mol. The lowest BCUT2D eigenvalue weighted by molar-refractivity contribution is 0.0378. The van der Waals surface area contributed by atoms with Crippen LogP contribution in [0.15, 0.2) is 0 Å². The number of rotatable bonds is 7. The van der Waals surface area contributed by atoms with Gasteiger partial charge in [0.15, 0.2) is 0 Å². The second-order valence-electron chi connectivity index (χ2n) is 7.04. The van der Waals surface area contributed by atoms with Crippen LogP contribution in [0.3, 0.4) is 0 Å². The average Bonchev–Trinajstić information content (AvgIpc) is 2.66. The number of pyridine rings is 1. The Bertz CT molecular complexity index is 617. The van der Waals surface area contributed by atoms with Gasteiger partial charge in [0, 0.05) is 25.3 Å². The summed E-state index contributed by atoms with van der Waals surface area (Å²) in [5, 5.41) is 13.2. The molecule has 1 aliphatic heterocycles. The number of nitriles is 1. The van der Waals surface area contributed by atoms with Crippen molar-refractivity contribution in [3.63, 3.8) is 0 Å². The molecule has 0 spiro atoms. The number of morpholine rings is 1. The van der Waals surface area contributed by atoms with E-state index in [0.29, 0.717) is 0 Å². The standard InChI is InChI=1S/C20H30N4O/c1-2-6-19-17-8-4-3-7-16(17)18(15-21)20(23-19)22-9-5-10-24-11-13-25-14-12-24/h2-14H2,1H3,(H,22,23). The topological polar surface area (TPSA) is 61.2 Å². The Kier molecular flexibility index (Phi) is 6.66. The molecule has 2 heterocycles. The molecule has 1 aromatic rings. The summed E-state index contributed by atoms with van der Waals surface area (Å²) in [7, 11) is 0. The lowest BCUT2D eigenvalue weighted by atomic mass is 9.87. The van der Waals surface area contributed by atoms with Crippen LogP contribution in [0.1, 0.15) is 55.0 Å². The minimum atomic E-state index is 0.793. The van der Waals surface area contributed by atoms with Gasteiger partial charge in [0.2, 0.25) is 0 Å². The first kappa shape index (κ1) is 18.2. The van der Waals surface area contributed by atoms with Crippen LogP contribution in [0.4, 0.5) is 5.82 Å². The molecule has 1 saturated heterocycles. The minimum absolute atomic E-state index is 0.793. The zero-order valence-electron chi connectivity index (χ0n) is 15.4. The Balaban J connectivity index is 1.67. The van der Waals surface area contributed by atoms with Crippen LogP contribution < -0.4 is 5.32 Å². The van der Waals surface area contributed by atoms with Crippen LogP contribution in [0.25, 0.3) is 0 Å². The molecule has 136 valence electrons. The van der Waals surface area contributed by atoms with E-state index in [-0.39, 0.29) is 0 Å².